The Bertz CT molecular complexity index is 1960. The van der Waals surface area contributed by atoms with Gasteiger partial charge in [0.25, 0.3) is 5.91 Å². The predicted molar refractivity (Wildman–Crippen MR) is 188 cm³/mol. The van der Waals surface area contributed by atoms with E-state index in [1.54, 1.807) is 41.6 Å². The molecule has 7 rings (SSSR count). The van der Waals surface area contributed by atoms with E-state index in [2.05, 4.69) is 41.6 Å². The molecule has 50 heavy (non-hydrogen) atoms. The predicted octanol–water partition coefficient (Wildman–Crippen LogP) is 5.25. The van der Waals surface area contributed by atoms with Crippen molar-refractivity contribution in [3.8, 4) is 28.8 Å². The van der Waals surface area contributed by atoms with Crippen LogP contribution in [0.4, 0.5) is 10.2 Å². The minimum Gasteiger partial charge on any atom is -0.457 e. The van der Waals surface area contributed by atoms with Crippen molar-refractivity contribution in [3.05, 3.63) is 84.2 Å². The molecule has 12 heteroatoms. The summed E-state index contributed by atoms with van der Waals surface area (Å²) >= 11 is 0. The number of nitriles is 1. The fourth-order valence-electron chi connectivity index (χ4n) is 7.47. The Kier molecular flexibility index (Phi) is 9.07. The number of likely N-dealkylation sites (tertiary alicyclic amines) is 1. The molecule has 3 saturated heterocycles. The van der Waals surface area contributed by atoms with Crippen molar-refractivity contribution in [2.24, 2.45) is 0 Å². The van der Waals surface area contributed by atoms with Crippen molar-refractivity contribution < 1.29 is 18.7 Å². The third-order valence-corrected chi connectivity index (χ3v) is 10.4. The summed E-state index contributed by atoms with van der Waals surface area (Å²) in [7, 11) is 0. The largest absolute Gasteiger partial charge is 0.457 e. The number of piperidine rings is 1. The van der Waals surface area contributed by atoms with Crippen LogP contribution < -0.4 is 10.5 Å². The molecule has 2 aromatic carbocycles. The van der Waals surface area contributed by atoms with E-state index in [0.717, 1.165) is 52.2 Å². The minimum absolute atomic E-state index is 0.101. The molecule has 1 atom stereocenters. The van der Waals surface area contributed by atoms with Gasteiger partial charge in [0, 0.05) is 74.7 Å². The van der Waals surface area contributed by atoms with Crippen LogP contribution in [-0.4, -0.2) is 98.5 Å². The van der Waals surface area contributed by atoms with Crippen LogP contribution in [0.25, 0.3) is 16.8 Å². The van der Waals surface area contributed by atoms with E-state index in [9.17, 15) is 10.1 Å². The molecule has 3 aliphatic rings. The lowest BCUT2D eigenvalue weighted by molar-refractivity contribution is -0.142. The molecule has 2 N–H and O–H groups in total. The first-order valence-electron chi connectivity index (χ1n) is 17.2. The fourth-order valence-corrected chi connectivity index (χ4v) is 7.47. The first-order chi connectivity index (χ1) is 24.1. The van der Waals surface area contributed by atoms with Crippen molar-refractivity contribution >= 4 is 17.2 Å². The van der Waals surface area contributed by atoms with E-state index in [0.29, 0.717) is 41.6 Å². The Labute approximate surface area is 291 Å². The van der Waals surface area contributed by atoms with E-state index in [1.165, 1.54) is 6.07 Å². The number of nitrogens with two attached hydrogens (primary N) is 1. The number of amides is 1. The van der Waals surface area contributed by atoms with Crippen molar-refractivity contribution in [1.82, 2.24) is 29.1 Å². The Morgan fingerprint density at radius 3 is 2.56 bits per heavy atom. The van der Waals surface area contributed by atoms with Gasteiger partial charge in [-0.1, -0.05) is 18.2 Å². The molecule has 0 saturated carbocycles. The molecule has 260 valence electrons. The zero-order chi connectivity index (χ0) is 35.0. The van der Waals surface area contributed by atoms with Crippen LogP contribution in [0, 0.1) is 17.1 Å². The maximum absolute atomic E-state index is 15.7. The van der Waals surface area contributed by atoms with Crippen LogP contribution in [0.3, 0.4) is 0 Å². The van der Waals surface area contributed by atoms with Crippen molar-refractivity contribution in [2.45, 2.75) is 50.6 Å². The van der Waals surface area contributed by atoms with Gasteiger partial charge in [0.2, 0.25) is 0 Å². The summed E-state index contributed by atoms with van der Waals surface area (Å²) in [5.74, 6) is 0.887. The normalized spacial score (nSPS) is 20.3. The number of ether oxygens (including phenoxy) is 2. The Balaban J connectivity index is 1.11. The van der Waals surface area contributed by atoms with Gasteiger partial charge in [0.05, 0.1) is 18.8 Å². The fraction of sp³-hybridized carbons (Fsp3) is 0.421. The van der Waals surface area contributed by atoms with Gasteiger partial charge in [-0.05, 0) is 64.0 Å². The highest BCUT2D eigenvalue weighted by molar-refractivity contribution is 5.97. The number of carbonyl (C=O) groups excluding carboxylic acids is 1. The first kappa shape index (κ1) is 33.7. The summed E-state index contributed by atoms with van der Waals surface area (Å²) < 4.78 is 28.9. The van der Waals surface area contributed by atoms with Crippen LogP contribution >= 0.6 is 0 Å². The number of halogens is 1. The highest BCUT2D eigenvalue weighted by atomic mass is 19.1. The summed E-state index contributed by atoms with van der Waals surface area (Å²) in [6.07, 6.45) is 6.68. The molecule has 0 unspecified atom stereocenters. The van der Waals surface area contributed by atoms with Crippen LogP contribution in [0.15, 0.2) is 72.6 Å². The number of nitrogen functional groups attached to an aromatic ring is 1. The number of anilines is 1. The highest BCUT2D eigenvalue weighted by Crippen LogP contribution is 2.37. The van der Waals surface area contributed by atoms with E-state index < -0.39 is 11.4 Å². The van der Waals surface area contributed by atoms with Gasteiger partial charge in [0.15, 0.2) is 0 Å². The Morgan fingerprint density at radius 1 is 1.12 bits per heavy atom. The molecule has 0 aliphatic carbocycles. The molecule has 3 fully saturated rings. The monoisotopic (exact) mass is 678 g/mol. The SMILES string of the molecule is CC(C)(/C=C(\C#N)C(=O)N1CCC[C@@H](c2nc(-c3ccc(Oc4ccccc4)cc3F)c3c(N)nccn23)C1)N1CCN(C2(C)COC2)CC1. The molecule has 2 aromatic heterocycles. The zero-order valence-electron chi connectivity index (χ0n) is 28.8. The number of nitrogens with zero attached hydrogens (tertiary/aromatic N) is 7. The van der Waals surface area contributed by atoms with Gasteiger partial charge in [-0.25, -0.2) is 14.4 Å². The summed E-state index contributed by atoms with van der Waals surface area (Å²) in [6, 6.07) is 16.1. The average molecular weight is 679 g/mol. The number of piperazine rings is 1. The molecular formula is C38H43FN8O3. The van der Waals surface area contributed by atoms with Gasteiger partial charge < -0.3 is 20.1 Å². The van der Waals surface area contributed by atoms with Gasteiger partial charge in [-0.3, -0.25) is 19.0 Å². The van der Waals surface area contributed by atoms with Crippen molar-refractivity contribution in [3.63, 3.8) is 0 Å². The van der Waals surface area contributed by atoms with Crippen LogP contribution in [0.2, 0.25) is 0 Å². The van der Waals surface area contributed by atoms with Gasteiger partial charge >= 0.3 is 0 Å². The minimum atomic E-state index is -0.507. The number of hydrogen-bond donors (Lipinski definition) is 1. The number of benzene rings is 2. The quantitative estimate of drug-likeness (QED) is 0.197. The molecule has 11 nitrogen and oxygen atoms in total. The lowest BCUT2D eigenvalue weighted by Crippen LogP contribution is -2.66. The first-order valence-corrected chi connectivity index (χ1v) is 17.2. The second-order valence-electron chi connectivity index (χ2n) is 14.3. The molecule has 3 aliphatic heterocycles. The van der Waals surface area contributed by atoms with E-state index in [-0.39, 0.29) is 34.3 Å². The third-order valence-electron chi connectivity index (χ3n) is 10.4. The number of carbonyl (C=O) groups is 1. The van der Waals surface area contributed by atoms with Crippen molar-refractivity contribution in [2.75, 3.05) is 58.2 Å². The van der Waals surface area contributed by atoms with E-state index in [1.807, 2.05) is 28.7 Å². The average Bonchev–Trinajstić information content (AvgIpc) is 3.50. The van der Waals surface area contributed by atoms with E-state index >= 15 is 4.39 Å². The standard InChI is InChI=1S/C38H43FN8O3/c1-37(2,45-16-18-46(19-17-45)38(3)24-49-25-38)21-27(22-40)36(48)44-14-7-8-26(23-44)35-43-32(33-34(41)42-13-15-47(33)35)30-12-11-29(20-31(30)39)50-28-9-5-4-6-10-28/h4-6,9-13,15,20-21,26H,7-8,14,16-19,23-25H2,1-3H3,(H2,41,42)/b27-21+/t26-/m1/s1. The molecule has 1 amide bonds. The van der Waals surface area contributed by atoms with Gasteiger partial charge in [-0.15, -0.1) is 0 Å². The maximum atomic E-state index is 15.7. The van der Waals surface area contributed by atoms with E-state index in [4.69, 9.17) is 20.2 Å². The summed E-state index contributed by atoms with van der Waals surface area (Å²) in [6.45, 7) is 12.3. The Hall–Kier alpha value is -4.83. The second kappa shape index (κ2) is 13.5. The van der Waals surface area contributed by atoms with Gasteiger partial charge in [0.1, 0.15) is 51.8 Å². The number of fused-ring (bicyclic) bond motifs is 1. The summed E-state index contributed by atoms with van der Waals surface area (Å²) in [5.41, 5.74) is 7.27. The third kappa shape index (κ3) is 6.44. The second-order valence-corrected chi connectivity index (χ2v) is 14.3. The summed E-state index contributed by atoms with van der Waals surface area (Å²) in [4.78, 5) is 29.7. The molecule has 0 radical (unpaired) electrons. The topological polar surface area (TPSA) is 125 Å². The van der Waals surface area contributed by atoms with Crippen LogP contribution in [0.5, 0.6) is 11.5 Å². The number of rotatable bonds is 8. The van der Waals surface area contributed by atoms with Crippen LogP contribution in [0.1, 0.15) is 45.4 Å². The smallest absolute Gasteiger partial charge is 0.264 e. The lowest BCUT2D eigenvalue weighted by atomic mass is 9.93. The van der Waals surface area contributed by atoms with Gasteiger partial charge in [-0.2, -0.15) is 5.26 Å². The number of para-hydroxylation sites is 1. The lowest BCUT2D eigenvalue weighted by Gasteiger charge is -2.52. The molecule has 5 heterocycles. The number of hydrogen-bond acceptors (Lipinski definition) is 9. The van der Waals surface area contributed by atoms with Crippen molar-refractivity contribution in [1.29, 1.82) is 5.26 Å². The molecule has 0 bridgehead atoms. The molecule has 0 spiro atoms. The summed E-state index contributed by atoms with van der Waals surface area (Å²) in [5, 5.41) is 10.2. The number of aromatic nitrogens is 3. The Morgan fingerprint density at radius 2 is 1.88 bits per heavy atom. The highest BCUT2D eigenvalue weighted by Gasteiger charge is 2.42. The van der Waals surface area contributed by atoms with Crippen LogP contribution in [-0.2, 0) is 9.53 Å². The zero-order valence-corrected chi connectivity index (χ0v) is 28.8. The maximum Gasteiger partial charge on any atom is 0.264 e. The molecular weight excluding hydrogens is 635 g/mol. The number of imidazole rings is 1. The molecule has 4 aromatic rings.